The monoisotopic (exact) mass is 579 g/mol. The first-order valence-electron chi connectivity index (χ1n) is 14.9. The molecule has 0 saturated carbocycles. The fourth-order valence-corrected chi connectivity index (χ4v) is 7.56. The average Bonchev–Trinajstić information content (AvgIpc) is 3.50. The Morgan fingerprint density at radius 3 is 1.86 bits per heavy atom. The zero-order valence-corrected chi connectivity index (χ0v) is 26.1. The number of aromatic nitrogens is 1. The Balaban J connectivity index is 1.46. The second-order valence-electron chi connectivity index (χ2n) is 13.8. The van der Waals surface area contributed by atoms with E-state index < -0.39 is 0 Å². The van der Waals surface area contributed by atoms with Crippen molar-refractivity contribution in [3.8, 4) is 5.69 Å². The first kappa shape index (κ1) is 26.2. The van der Waals surface area contributed by atoms with E-state index in [0.29, 0.717) is 5.39 Å². The Bertz CT molecular complexity index is 2420. The number of nitrogens with zero attached hydrogens (tertiary/aromatic N) is 1. The molecular weight excluding hydrogens is 547 g/mol. The molecular formula is C39H33NO2S. The third-order valence-electron chi connectivity index (χ3n) is 8.91. The Hall–Kier alpha value is -4.41. The van der Waals surface area contributed by atoms with E-state index in [-0.39, 0.29) is 16.3 Å². The lowest BCUT2D eigenvalue weighted by Crippen LogP contribution is -2.10. The Morgan fingerprint density at radius 2 is 1.21 bits per heavy atom. The lowest BCUT2D eigenvalue weighted by atomic mass is 9.85. The molecule has 8 aromatic rings. The third-order valence-corrected chi connectivity index (χ3v) is 10.0. The van der Waals surface area contributed by atoms with E-state index in [4.69, 9.17) is 4.42 Å². The lowest BCUT2D eigenvalue weighted by Gasteiger charge is -2.19. The van der Waals surface area contributed by atoms with Crippen molar-refractivity contribution >= 4 is 75.3 Å². The summed E-state index contributed by atoms with van der Waals surface area (Å²) in [6, 6.07) is 32.1. The zero-order chi connectivity index (χ0) is 29.8. The number of furan rings is 1. The second-order valence-corrected chi connectivity index (χ2v) is 14.9. The predicted octanol–water partition coefficient (Wildman–Crippen LogP) is 11.0. The highest BCUT2D eigenvalue weighted by Crippen LogP contribution is 2.41. The van der Waals surface area contributed by atoms with Crippen LogP contribution in [-0.2, 0) is 10.8 Å². The van der Waals surface area contributed by atoms with Gasteiger partial charge in [0.2, 0.25) is 0 Å². The quantitative estimate of drug-likeness (QED) is 0.181. The van der Waals surface area contributed by atoms with E-state index in [1.54, 1.807) is 11.3 Å². The molecule has 0 saturated heterocycles. The second kappa shape index (κ2) is 8.81. The van der Waals surface area contributed by atoms with Crippen LogP contribution in [0.4, 0.5) is 0 Å². The van der Waals surface area contributed by atoms with Crippen LogP contribution in [-0.4, -0.2) is 4.57 Å². The third kappa shape index (κ3) is 3.89. The van der Waals surface area contributed by atoms with E-state index in [2.05, 4.69) is 107 Å². The minimum absolute atomic E-state index is 0.0389. The first-order chi connectivity index (χ1) is 20.5. The molecule has 0 unspecified atom stereocenters. The van der Waals surface area contributed by atoms with Crippen LogP contribution in [0.5, 0.6) is 0 Å². The fraction of sp³-hybridized carbons (Fsp3) is 0.205. The van der Waals surface area contributed by atoms with Crippen molar-refractivity contribution in [2.24, 2.45) is 0 Å². The van der Waals surface area contributed by atoms with Gasteiger partial charge in [0.25, 0.3) is 0 Å². The molecule has 3 heterocycles. The normalized spacial score (nSPS) is 13.0. The molecule has 0 bridgehead atoms. The molecule has 8 rings (SSSR count). The summed E-state index contributed by atoms with van der Waals surface area (Å²) in [5.74, 6) is 0. The van der Waals surface area contributed by atoms with Gasteiger partial charge in [-0.2, -0.15) is 0 Å². The Labute approximate surface area is 254 Å². The van der Waals surface area contributed by atoms with Crippen LogP contribution in [0, 0.1) is 0 Å². The van der Waals surface area contributed by atoms with Gasteiger partial charge in [0.1, 0.15) is 5.58 Å². The highest BCUT2D eigenvalue weighted by atomic mass is 32.1. The van der Waals surface area contributed by atoms with Crippen LogP contribution < -0.4 is 5.43 Å². The van der Waals surface area contributed by atoms with Gasteiger partial charge in [0, 0.05) is 41.7 Å². The molecule has 0 aliphatic heterocycles. The summed E-state index contributed by atoms with van der Waals surface area (Å²) in [5.41, 5.74) is 7.64. The molecule has 0 spiro atoms. The van der Waals surface area contributed by atoms with Gasteiger partial charge in [0.15, 0.2) is 11.0 Å². The molecule has 0 aliphatic carbocycles. The number of hydrogen-bond acceptors (Lipinski definition) is 3. The minimum atomic E-state index is 0.0389. The molecule has 0 aliphatic rings. The minimum Gasteiger partial charge on any atom is -0.454 e. The highest BCUT2D eigenvalue weighted by Gasteiger charge is 2.23. The largest absolute Gasteiger partial charge is 0.454 e. The molecule has 3 nitrogen and oxygen atoms in total. The van der Waals surface area contributed by atoms with Crippen LogP contribution in [0.3, 0.4) is 0 Å². The molecule has 4 heteroatoms. The first-order valence-corrected chi connectivity index (χ1v) is 15.7. The lowest BCUT2D eigenvalue weighted by molar-refractivity contribution is 0.590. The van der Waals surface area contributed by atoms with E-state index >= 15 is 0 Å². The van der Waals surface area contributed by atoms with Crippen molar-refractivity contribution < 1.29 is 4.42 Å². The summed E-state index contributed by atoms with van der Waals surface area (Å²) in [5, 5.41) is 6.04. The van der Waals surface area contributed by atoms with Crippen molar-refractivity contribution in [1.82, 2.24) is 4.57 Å². The summed E-state index contributed by atoms with van der Waals surface area (Å²) >= 11 is 1.66. The molecule has 0 fully saturated rings. The van der Waals surface area contributed by atoms with Crippen molar-refractivity contribution in [2.45, 2.75) is 52.4 Å². The van der Waals surface area contributed by atoms with Crippen LogP contribution in [0.2, 0.25) is 0 Å². The van der Waals surface area contributed by atoms with Crippen molar-refractivity contribution in [1.29, 1.82) is 0 Å². The summed E-state index contributed by atoms with van der Waals surface area (Å²) in [6.45, 7) is 13.6. The Kier molecular flexibility index (Phi) is 5.37. The molecule has 0 radical (unpaired) electrons. The van der Waals surface area contributed by atoms with Crippen molar-refractivity contribution in [3.05, 3.63) is 112 Å². The zero-order valence-electron chi connectivity index (χ0n) is 25.3. The number of hydrogen-bond donors (Lipinski definition) is 0. The molecule has 0 atom stereocenters. The van der Waals surface area contributed by atoms with Gasteiger partial charge in [0.05, 0.1) is 16.7 Å². The topological polar surface area (TPSA) is 35.1 Å². The van der Waals surface area contributed by atoms with Crippen molar-refractivity contribution in [3.63, 3.8) is 0 Å². The van der Waals surface area contributed by atoms with Crippen LogP contribution in [0.15, 0.2) is 100 Å². The van der Waals surface area contributed by atoms with E-state index in [1.807, 2.05) is 30.3 Å². The van der Waals surface area contributed by atoms with Gasteiger partial charge >= 0.3 is 0 Å². The number of fused-ring (bicyclic) bond motifs is 8. The maximum absolute atomic E-state index is 13.5. The van der Waals surface area contributed by atoms with Gasteiger partial charge in [-0.05, 0) is 76.6 Å². The van der Waals surface area contributed by atoms with Gasteiger partial charge in [-0.3, -0.25) is 4.79 Å². The maximum Gasteiger partial charge on any atom is 0.196 e. The van der Waals surface area contributed by atoms with Gasteiger partial charge in [-0.15, -0.1) is 11.3 Å². The number of para-hydroxylation sites is 1. The standard InChI is InChI=1S/C39H33NO2S/c1-38(2,3)22-14-16-30-26(18-22)27-19-23(39(4,5)6)15-17-31(27)40(30)32-12-9-11-24-28-21-35-29(20-33(28)42-37(24)32)36(41)25-10-7-8-13-34(25)43-35/h7-21H,1-6H3. The van der Waals surface area contributed by atoms with E-state index in [9.17, 15) is 4.79 Å². The number of rotatable bonds is 1. The van der Waals surface area contributed by atoms with Gasteiger partial charge in [-0.25, -0.2) is 0 Å². The van der Waals surface area contributed by atoms with Crippen LogP contribution >= 0.6 is 11.3 Å². The average molecular weight is 580 g/mol. The summed E-state index contributed by atoms with van der Waals surface area (Å²) in [4.78, 5) is 13.5. The predicted molar refractivity (Wildman–Crippen MR) is 185 cm³/mol. The van der Waals surface area contributed by atoms with E-state index in [1.165, 1.54) is 21.9 Å². The smallest absolute Gasteiger partial charge is 0.196 e. The fourth-order valence-electron chi connectivity index (χ4n) is 6.47. The summed E-state index contributed by atoms with van der Waals surface area (Å²) in [7, 11) is 0. The SMILES string of the molecule is CC(C)(C)c1ccc2c(c1)c1cc(C(C)(C)C)ccc1n2-c1cccc2c1oc1cc3c(=O)c4ccccc4sc3cc12. The van der Waals surface area contributed by atoms with E-state index in [0.717, 1.165) is 53.4 Å². The molecule has 5 aromatic carbocycles. The van der Waals surface area contributed by atoms with Crippen LogP contribution in [0.1, 0.15) is 52.7 Å². The molecule has 43 heavy (non-hydrogen) atoms. The maximum atomic E-state index is 13.5. The summed E-state index contributed by atoms with van der Waals surface area (Å²) in [6.07, 6.45) is 0. The summed E-state index contributed by atoms with van der Waals surface area (Å²) < 4.78 is 11.0. The molecule has 0 amide bonds. The van der Waals surface area contributed by atoms with Crippen LogP contribution in [0.25, 0.3) is 69.6 Å². The molecule has 3 aromatic heterocycles. The van der Waals surface area contributed by atoms with Gasteiger partial charge in [-0.1, -0.05) is 77.9 Å². The molecule has 212 valence electrons. The molecule has 0 N–H and O–H groups in total. The number of benzene rings is 5. The Morgan fingerprint density at radius 1 is 0.581 bits per heavy atom. The van der Waals surface area contributed by atoms with Gasteiger partial charge < -0.3 is 8.98 Å². The van der Waals surface area contributed by atoms with Crippen molar-refractivity contribution in [2.75, 3.05) is 0 Å². The highest BCUT2D eigenvalue weighted by molar-refractivity contribution is 7.24.